The van der Waals surface area contributed by atoms with Crippen LogP contribution in [0.2, 0.25) is 0 Å². The number of nitrogens with zero attached hydrogens (tertiary/aromatic N) is 6. The van der Waals surface area contributed by atoms with Crippen molar-refractivity contribution in [3.63, 3.8) is 0 Å². The summed E-state index contributed by atoms with van der Waals surface area (Å²) in [5.41, 5.74) is 1.25. The molecule has 1 fully saturated rings. The molecule has 2 aromatic heterocycles. The molecule has 1 aromatic carbocycles. The maximum Gasteiger partial charge on any atom is 0.266 e. The Kier molecular flexibility index (Phi) is 4.59. The molecule has 0 unspecified atom stereocenters. The first-order valence-electron chi connectivity index (χ1n) is 8.69. The average Bonchev–Trinajstić information content (AvgIpc) is 3.15. The number of sulfonamides is 1. The highest BCUT2D eigenvalue weighted by molar-refractivity contribution is 7.92. The Balaban J connectivity index is 1.74. The second kappa shape index (κ2) is 7.08. The van der Waals surface area contributed by atoms with Gasteiger partial charge in [-0.25, -0.2) is 18.4 Å². The minimum absolute atomic E-state index is 0.0432. The number of amides is 1. The minimum Gasteiger partial charge on any atom is -0.350 e. The fourth-order valence-corrected chi connectivity index (χ4v) is 4.03. The monoisotopic (exact) mass is 401 g/mol. The normalized spacial score (nSPS) is 15.0. The van der Waals surface area contributed by atoms with Gasteiger partial charge >= 0.3 is 0 Å². The third-order valence-electron chi connectivity index (χ3n) is 4.54. The number of fused-ring (bicyclic) bond motifs is 1. The predicted molar refractivity (Wildman–Crippen MR) is 103 cm³/mol. The van der Waals surface area contributed by atoms with Gasteiger partial charge in [-0.1, -0.05) is 12.1 Å². The SMILES string of the molecule is Cn1cc(S(=O)(=O)Nc2nc3ccccc3nc2N2CCN(C=O)CC2)cn1. The van der Waals surface area contributed by atoms with Gasteiger partial charge in [0.2, 0.25) is 6.41 Å². The van der Waals surface area contributed by atoms with Crippen molar-refractivity contribution in [2.24, 2.45) is 7.05 Å². The number of anilines is 2. The highest BCUT2D eigenvalue weighted by Gasteiger charge is 2.25. The standard InChI is InChI=1S/C17H19N7O3S/c1-22-11-13(10-18-22)28(26,27)21-16-17(24-8-6-23(12-25)7-9-24)20-15-5-3-2-4-14(15)19-16/h2-5,10-12H,6-9H2,1H3,(H,19,21). The quantitative estimate of drug-likeness (QED) is 0.617. The molecule has 146 valence electrons. The number of para-hydroxylation sites is 2. The fourth-order valence-electron chi connectivity index (χ4n) is 3.04. The molecule has 1 amide bonds. The van der Waals surface area contributed by atoms with Gasteiger partial charge in [-0.05, 0) is 12.1 Å². The van der Waals surface area contributed by atoms with Gasteiger partial charge in [0.1, 0.15) is 4.90 Å². The summed E-state index contributed by atoms with van der Waals surface area (Å²) in [6.07, 6.45) is 3.51. The molecule has 10 nitrogen and oxygen atoms in total. The summed E-state index contributed by atoms with van der Waals surface area (Å²) in [7, 11) is -2.22. The summed E-state index contributed by atoms with van der Waals surface area (Å²) in [6.45, 7) is 2.14. The van der Waals surface area contributed by atoms with Gasteiger partial charge in [0, 0.05) is 39.4 Å². The summed E-state index contributed by atoms with van der Waals surface area (Å²) < 4.78 is 29.5. The molecule has 11 heteroatoms. The van der Waals surface area contributed by atoms with Gasteiger partial charge in [-0.2, -0.15) is 5.10 Å². The van der Waals surface area contributed by atoms with Crippen molar-refractivity contribution < 1.29 is 13.2 Å². The van der Waals surface area contributed by atoms with Crippen LogP contribution in [0.1, 0.15) is 0 Å². The van der Waals surface area contributed by atoms with E-state index >= 15 is 0 Å². The fraction of sp³-hybridized carbons (Fsp3) is 0.294. The number of hydrogen-bond donors (Lipinski definition) is 1. The number of piperazine rings is 1. The van der Waals surface area contributed by atoms with Crippen LogP contribution in [0.25, 0.3) is 11.0 Å². The Bertz CT molecular complexity index is 1120. The number of aryl methyl sites for hydroxylation is 1. The third kappa shape index (κ3) is 3.48. The Morgan fingerprint density at radius 2 is 1.75 bits per heavy atom. The molecular weight excluding hydrogens is 382 g/mol. The second-order valence-corrected chi connectivity index (χ2v) is 8.15. The molecule has 0 radical (unpaired) electrons. The first-order chi connectivity index (χ1) is 13.5. The average molecular weight is 401 g/mol. The zero-order chi connectivity index (χ0) is 19.7. The van der Waals surface area contributed by atoms with E-state index in [9.17, 15) is 13.2 Å². The first kappa shape index (κ1) is 18.2. The number of benzene rings is 1. The molecule has 0 saturated carbocycles. The van der Waals surface area contributed by atoms with E-state index in [1.54, 1.807) is 18.0 Å². The number of rotatable bonds is 5. The van der Waals surface area contributed by atoms with Crippen molar-refractivity contribution in [3.8, 4) is 0 Å². The smallest absolute Gasteiger partial charge is 0.266 e. The molecule has 1 aliphatic heterocycles. The first-order valence-corrected chi connectivity index (χ1v) is 10.2. The largest absolute Gasteiger partial charge is 0.350 e. The number of carbonyl (C=O) groups is 1. The molecule has 0 aliphatic carbocycles. The van der Waals surface area contributed by atoms with Crippen LogP contribution in [0.4, 0.5) is 11.6 Å². The zero-order valence-electron chi connectivity index (χ0n) is 15.2. The van der Waals surface area contributed by atoms with Crippen LogP contribution in [0, 0.1) is 0 Å². The van der Waals surface area contributed by atoms with Gasteiger partial charge in [0.05, 0.1) is 17.2 Å². The van der Waals surface area contributed by atoms with Gasteiger partial charge in [0.25, 0.3) is 10.0 Å². The highest BCUT2D eigenvalue weighted by Crippen LogP contribution is 2.27. The minimum atomic E-state index is -3.87. The van der Waals surface area contributed by atoms with E-state index in [0.717, 1.165) is 6.41 Å². The van der Waals surface area contributed by atoms with Crippen molar-refractivity contribution in [1.29, 1.82) is 0 Å². The van der Waals surface area contributed by atoms with E-state index in [0.29, 0.717) is 43.0 Å². The van der Waals surface area contributed by atoms with Crippen LogP contribution >= 0.6 is 0 Å². The van der Waals surface area contributed by atoms with Crippen molar-refractivity contribution >= 4 is 39.1 Å². The molecule has 0 spiro atoms. The molecule has 1 aliphatic rings. The molecular formula is C17H19N7O3S. The Hall–Kier alpha value is -3.21. The van der Waals surface area contributed by atoms with Crippen molar-refractivity contribution in [1.82, 2.24) is 24.6 Å². The van der Waals surface area contributed by atoms with E-state index in [1.807, 2.05) is 23.1 Å². The van der Waals surface area contributed by atoms with Gasteiger partial charge in [-0.3, -0.25) is 14.2 Å². The van der Waals surface area contributed by atoms with Crippen LogP contribution < -0.4 is 9.62 Å². The van der Waals surface area contributed by atoms with Crippen LogP contribution in [0.5, 0.6) is 0 Å². The molecule has 0 atom stereocenters. The summed E-state index contributed by atoms with van der Waals surface area (Å²) in [6, 6.07) is 7.27. The van der Waals surface area contributed by atoms with Crippen LogP contribution in [-0.2, 0) is 21.9 Å². The summed E-state index contributed by atoms with van der Waals surface area (Å²) >= 11 is 0. The summed E-state index contributed by atoms with van der Waals surface area (Å²) in [5.74, 6) is 0.596. The van der Waals surface area contributed by atoms with Gasteiger partial charge in [-0.15, -0.1) is 0 Å². The van der Waals surface area contributed by atoms with Crippen LogP contribution in [0.15, 0.2) is 41.6 Å². The molecule has 4 rings (SSSR count). The summed E-state index contributed by atoms with van der Waals surface area (Å²) in [4.78, 5) is 23.8. The number of hydrogen-bond acceptors (Lipinski definition) is 7. The van der Waals surface area contributed by atoms with Crippen molar-refractivity contribution in [3.05, 3.63) is 36.7 Å². The lowest BCUT2D eigenvalue weighted by molar-refractivity contribution is -0.118. The third-order valence-corrected chi connectivity index (χ3v) is 5.83. The summed E-state index contributed by atoms with van der Waals surface area (Å²) in [5, 5.41) is 3.92. The molecule has 1 saturated heterocycles. The number of carbonyl (C=O) groups excluding carboxylic acids is 1. The topological polar surface area (TPSA) is 113 Å². The van der Waals surface area contributed by atoms with E-state index in [2.05, 4.69) is 19.8 Å². The maximum atomic E-state index is 12.8. The van der Waals surface area contributed by atoms with Crippen LogP contribution in [-0.4, -0.2) is 65.7 Å². The van der Waals surface area contributed by atoms with Gasteiger partial charge < -0.3 is 9.80 Å². The Labute approximate surface area is 161 Å². The predicted octanol–water partition coefficient (Wildman–Crippen LogP) is 0.442. The zero-order valence-corrected chi connectivity index (χ0v) is 16.0. The van der Waals surface area contributed by atoms with Crippen molar-refractivity contribution in [2.45, 2.75) is 4.90 Å². The Morgan fingerprint density at radius 1 is 1.07 bits per heavy atom. The maximum absolute atomic E-state index is 12.8. The number of nitrogens with one attached hydrogen (secondary N) is 1. The second-order valence-electron chi connectivity index (χ2n) is 6.47. The molecule has 1 N–H and O–H groups in total. The van der Waals surface area contributed by atoms with Crippen molar-refractivity contribution in [2.75, 3.05) is 35.8 Å². The molecule has 0 bridgehead atoms. The van der Waals surface area contributed by atoms with Gasteiger partial charge in [0.15, 0.2) is 11.6 Å². The van der Waals surface area contributed by atoms with Crippen LogP contribution in [0.3, 0.4) is 0 Å². The molecule has 3 heterocycles. The van der Waals surface area contributed by atoms with E-state index in [-0.39, 0.29) is 10.7 Å². The van der Waals surface area contributed by atoms with E-state index in [1.165, 1.54) is 17.1 Å². The molecule has 3 aromatic rings. The Morgan fingerprint density at radius 3 is 2.36 bits per heavy atom. The lowest BCUT2D eigenvalue weighted by Gasteiger charge is -2.34. The molecule has 28 heavy (non-hydrogen) atoms. The van der Waals surface area contributed by atoms with E-state index in [4.69, 9.17) is 0 Å². The lowest BCUT2D eigenvalue weighted by atomic mass is 10.3. The highest BCUT2D eigenvalue weighted by atomic mass is 32.2. The lowest BCUT2D eigenvalue weighted by Crippen LogP contribution is -2.46. The number of aromatic nitrogens is 4. The van der Waals surface area contributed by atoms with E-state index < -0.39 is 10.0 Å².